The van der Waals surface area contributed by atoms with E-state index in [1.165, 1.54) is 6.42 Å². The van der Waals surface area contributed by atoms with E-state index in [9.17, 15) is 0 Å². The van der Waals surface area contributed by atoms with Crippen LogP contribution in [0.15, 0.2) is 17.4 Å². The number of rotatable bonds is 2. The van der Waals surface area contributed by atoms with Crippen molar-refractivity contribution in [1.82, 2.24) is 0 Å². The minimum Gasteiger partial charge on any atom is -0.269 e. The molecule has 3 heteroatoms. The quantitative estimate of drug-likeness (QED) is 0.522. The Kier molecular flexibility index (Phi) is 3.22. The van der Waals surface area contributed by atoms with Gasteiger partial charge in [0.25, 0.3) is 0 Å². The van der Waals surface area contributed by atoms with Crippen molar-refractivity contribution < 1.29 is 9.19 Å². The largest absolute Gasteiger partial charge is 0.269 e. The molecule has 1 rings (SSSR count). The van der Waals surface area contributed by atoms with Gasteiger partial charge in [0.1, 0.15) is 6.20 Å². The van der Waals surface area contributed by atoms with Gasteiger partial charge >= 0.3 is 0 Å². The summed E-state index contributed by atoms with van der Waals surface area (Å²) >= 11 is 0. The van der Waals surface area contributed by atoms with Crippen LogP contribution in [0.3, 0.4) is 0 Å². The molecule has 1 aliphatic rings. The molecule has 0 radical (unpaired) electrons. The number of aliphatic imine (C=N–C) groups is 1. The van der Waals surface area contributed by atoms with Gasteiger partial charge in [0.15, 0.2) is 6.34 Å². The second-order valence-corrected chi connectivity index (χ2v) is 2.63. The number of halogens is 1. The number of quaternary nitrogens is 1. The smallest absolute Gasteiger partial charge is 0.194 e. The van der Waals surface area contributed by atoms with Crippen LogP contribution in [0, 0.1) is 0 Å². The standard InChI is InChI=1S/C7H13N2.FH/c1-3-5-9(2)6-4-8-7-9;/h4,6-7H,3,5H2,1-2H3;1H/q+1;. The van der Waals surface area contributed by atoms with Crippen molar-refractivity contribution in [3.05, 3.63) is 12.4 Å². The first-order chi connectivity index (χ1) is 4.27. The number of hydrogen-bond acceptors (Lipinski definition) is 1. The van der Waals surface area contributed by atoms with Crippen LogP contribution in [0.4, 0.5) is 4.70 Å². The van der Waals surface area contributed by atoms with Gasteiger partial charge in [0.05, 0.1) is 19.8 Å². The average Bonchev–Trinajstić information content (AvgIpc) is 2.16. The van der Waals surface area contributed by atoms with E-state index in [1.54, 1.807) is 0 Å². The summed E-state index contributed by atoms with van der Waals surface area (Å²) < 4.78 is 0.872. The molecule has 1 heterocycles. The van der Waals surface area contributed by atoms with E-state index in [4.69, 9.17) is 0 Å². The minimum atomic E-state index is 0. The molecule has 1 atom stereocenters. The normalized spacial score (nSPS) is 28.6. The molecule has 0 saturated carbocycles. The third-order valence-electron chi connectivity index (χ3n) is 1.53. The molecule has 58 valence electrons. The molecule has 1 aliphatic heterocycles. The minimum absolute atomic E-state index is 0. The molecule has 1 unspecified atom stereocenters. The Morgan fingerprint density at radius 3 is 2.60 bits per heavy atom. The predicted octanol–water partition coefficient (Wildman–Crippen LogP) is 1.51. The Labute approximate surface area is 60.8 Å². The van der Waals surface area contributed by atoms with Gasteiger partial charge in [-0.05, 0) is 6.42 Å². The fraction of sp³-hybridized carbons (Fsp3) is 0.571. The molecule has 0 spiro atoms. The molecule has 0 aromatic rings. The van der Waals surface area contributed by atoms with Crippen molar-refractivity contribution in [3.8, 4) is 0 Å². The van der Waals surface area contributed by atoms with Gasteiger partial charge in [0.2, 0.25) is 0 Å². The molecule has 0 fully saturated rings. The molecular weight excluding hydrogens is 131 g/mol. The highest BCUT2D eigenvalue weighted by molar-refractivity contribution is 5.50. The summed E-state index contributed by atoms with van der Waals surface area (Å²) in [6.07, 6.45) is 7.12. The van der Waals surface area contributed by atoms with Gasteiger partial charge in [-0.15, -0.1) is 0 Å². The van der Waals surface area contributed by atoms with Crippen LogP contribution in [0.25, 0.3) is 0 Å². The van der Waals surface area contributed by atoms with Crippen molar-refractivity contribution in [2.24, 2.45) is 4.99 Å². The molecule has 10 heavy (non-hydrogen) atoms. The van der Waals surface area contributed by atoms with E-state index in [0.29, 0.717) is 0 Å². The van der Waals surface area contributed by atoms with E-state index in [1.807, 2.05) is 12.5 Å². The maximum Gasteiger partial charge on any atom is 0.194 e. The Morgan fingerprint density at radius 2 is 2.20 bits per heavy atom. The maximum absolute atomic E-state index is 4.02. The third-order valence-corrected chi connectivity index (χ3v) is 1.53. The molecule has 0 N–H and O–H groups in total. The van der Waals surface area contributed by atoms with E-state index < -0.39 is 0 Å². The summed E-state index contributed by atoms with van der Waals surface area (Å²) in [4.78, 5) is 4.02. The number of hydrogen-bond donors (Lipinski definition) is 0. The van der Waals surface area contributed by atoms with Crippen molar-refractivity contribution in [2.45, 2.75) is 13.3 Å². The van der Waals surface area contributed by atoms with Crippen molar-refractivity contribution in [2.75, 3.05) is 13.6 Å². The summed E-state index contributed by atoms with van der Waals surface area (Å²) in [5, 5.41) is 0. The Hall–Kier alpha value is -0.700. The summed E-state index contributed by atoms with van der Waals surface area (Å²) in [5.74, 6) is 0. The Bertz CT molecular complexity index is 140. The first kappa shape index (κ1) is 9.30. The molecular formula is C7H14FN2+. The lowest BCUT2D eigenvalue weighted by Gasteiger charge is -2.19. The molecule has 0 amide bonds. The van der Waals surface area contributed by atoms with Crippen LogP contribution in [-0.2, 0) is 0 Å². The monoisotopic (exact) mass is 145 g/mol. The molecule has 0 saturated heterocycles. The molecule has 0 bridgehead atoms. The Balaban J connectivity index is 0.000000810. The van der Waals surface area contributed by atoms with Crippen LogP contribution in [0.2, 0.25) is 0 Å². The second-order valence-electron chi connectivity index (χ2n) is 2.63. The van der Waals surface area contributed by atoms with Crippen LogP contribution in [-0.4, -0.2) is 24.4 Å². The zero-order chi connectivity index (χ0) is 6.74. The zero-order valence-electron chi connectivity index (χ0n) is 6.45. The van der Waals surface area contributed by atoms with E-state index in [0.717, 1.165) is 11.0 Å². The number of nitrogens with zero attached hydrogens (tertiary/aromatic N) is 2. The van der Waals surface area contributed by atoms with Crippen LogP contribution >= 0.6 is 0 Å². The summed E-state index contributed by atoms with van der Waals surface area (Å²) in [6, 6.07) is 0. The molecule has 2 nitrogen and oxygen atoms in total. The van der Waals surface area contributed by atoms with Crippen molar-refractivity contribution in [1.29, 1.82) is 0 Å². The van der Waals surface area contributed by atoms with E-state index in [2.05, 4.69) is 25.2 Å². The van der Waals surface area contributed by atoms with Crippen molar-refractivity contribution in [3.63, 3.8) is 0 Å². The van der Waals surface area contributed by atoms with E-state index >= 15 is 0 Å². The first-order valence-electron chi connectivity index (χ1n) is 3.34. The first-order valence-corrected chi connectivity index (χ1v) is 3.34. The highest BCUT2D eigenvalue weighted by atomic mass is 19.0. The fourth-order valence-electron chi connectivity index (χ4n) is 1.03. The van der Waals surface area contributed by atoms with Gasteiger partial charge in [-0.25, -0.2) is 4.99 Å². The predicted molar refractivity (Wildman–Crippen MR) is 41.5 cm³/mol. The van der Waals surface area contributed by atoms with Gasteiger partial charge in [-0.3, -0.25) is 9.19 Å². The van der Waals surface area contributed by atoms with Gasteiger partial charge in [-0.1, -0.05) is 6.92 Å². The summed E-state index contributed by atoms with van der Waals surface area (Å²) in [7, 11) is 2.15. The Morgan fingerprint density at radius 1 is 1.50 bits per heavy atom. The van der Waals surface area contributed by atoms with Gasteiger partial charge < -0.3 is 0 Å². The highest BCUT2D eigenvalue weighted by Gasteiger charge is 2.16. The zero-order valence-corrected chi connectivity index (χ0v) is 6.45. The molecule has 0 aromatic heterocycles. The van der Waals surface area contributed by atoms with Crippen LogP contribution in [0.5, 0.6) is 0 Å². The lowest BCUT2D eigenvalue weighted by atomic mass is 10.4. The molecule has 0 aliphatic carbocycles. The topological polar surface area (TPSA) is 12.4 Å². The van der Waals surface area contributed by atoms with Crippen LogP contribution < -0.4 is 0 Å². The SMILES string of the molecule is CCC[N+]1(C)C=CN=C1.F. The van der Waals surface area contributed by atoms with E-state index in [-0.39, 0.29) is 4.70 Å². The maximum atomic E-state index is 4.02. The lowest BCUT2D eigenvalue weighted by molar-refractivity contribution is -0.756. The summed E-state index contributed by atoms with van der Waals surface area (Å²) in [6.45, 7) is 3.34. The summed E-state index contributed by atoms with van der Waals surface area (Å²) in [5.41, 5.74) is 0. The van der Waals surface area contributed by atoms with Gasteiger partial charge in [-0.2, -0.15) is 0 Å². The average molecular weight is 145 g/mol. The van der Waals surface area contributed by atoms with Crippen LogP contribution in [0.1, 0.15) is 13.3 Å². The van der Waals surface area contributed by atoms with Crippen molar-refractivity contribution >= 4 is 6.34 Å². The molecule has 0 aromatic carbocycles. The second kappa shape index (κ2) is 3.46. The fourth-order valence-corrected chi connectivity index (χ4v) is 1.03. The highest BCUT2D eigenvalue weighted by Crippen LogP contribution is 2.06. The van der Waals surface area contributed by atoms with Gasteiger partial charge in [0, 0.05) is 0 Å². The lowest BCUT2D eigenvalue weighted by Crippen LogP contribution is -2.35. The third kappa shape index (κ3) is 1.92.